The van der Waals surface area contributed by atoms with E-state index >= 15 is 0 Å². The van der Waals surface area contributed by atoms with Crippen molar-refractivity contribution < 1.29 is 4.79 Å². The molecule has 0 aliphatic carbocycles. The third-order valence-corrected chi connectivity index (χ3v) is 3.69. The molecule has 0 bridgehead atoms. The first-order valence-electron chi connectivity index (χ1n) is 7.62. The third-order valence-electron chi connectivity index (χ3n) is 3.69. The van der Waals surface area contributed by atoms with Crippen molar-refractivity contribution in [1.29, 1.82) is 0 Å². The Morgan fingerprint density at radius 1 is 1.12 bits per heavy atom. The number of H-pyrrole nitrogens is 1. The lowest BCUT2D eigenvalue weighted by Crippen LogP contribution is -2.15. The molecule has 3 aromatic rings. The molecule has 0 aliphatic rings. The Hall–Kier alpha value is -2.37. The van der Waals surface area contributed by atoms with Gasteiger partial charge >= 0.3 is 0 Å². The predicted octanol–water partition coefficient (Wildman–Crippen LogP) is 3.34. The van der Waals surface area contributed by atoms with E-state index in [1.54, 1.807) is 12.1 Å². The fraction of sp³-hybridized carbons (Fsp3) is 0.222. The van der Waals surface area contributed by atoms with Crippen molar-refractivity contribution in [3.8, 4) is 0 Å². The summed E-state index contributed by atoms with van der Waals surface area (Å²) in [4.78, 5) is 22.1. The Balaban J connectivity index is 0.00000208. The number of hydrogen-bond acceptors (Lipinski definition) is 3. The molecule has 2 N–H and O–H groups in total. The molecule has 5 nitrogen and oxygen atoms in total. The standard InChI is InChI=1S/C18H20N4O.ClH/c1-22(2)12-11-13-9-6-10-15-16(13)20-18(19-15)21-17(23)14-7-4-3-5-8-14;/h3-10H,11-12H2,1-2H3,(H2,19,20,21,23);1H. The summed E-state index contributed by atoms with van der Waals surface area (Å²) in [7, 11) is 4.10. The number of fused-ring (bicyclic) bond motifs is 1. The number of nitrogens with one attached hydrogen (secondary N) is 2. The maximum atomic E-state index is 12.2. The zero-order valence-corrected chi connectivity index (χ0v) is 14.6. The summed E-state index contributed by atoms with van der Waals surface area (Å²) in [6.45, 7) is 0.956. The molecular formula is C18H21ClN4O. The summed E-state index contributed by atoms with van der Waals surface area (Å²) in [5.74, 6) is 0.311. The second-order valence-electron chi connectivity index (χ2n) is 5.77. The van der Waals surface area contributed by atoms with Crippen LogP contribution in [0.25, 0.3) is 11.0 Å². The average molecular weight is 345 g/mol. The summed E-state index contributed by atoms with van der Waals surface area (Å²) >= 11 is 0. The number of benzene rings is 2. The lowest BCUT2D eigenvalue weighted by molar-refractivity contribution is 0.102. The summed E-state index contributed by atoms with van der Waals surface area (Å²) in [6.07, 6.45) is 0.918. The highest BCUT2D eigenvalue weighted by Crippen LogP contribution is 2.19. The number of aromatic amines is 1. The number of anilines is 1. The van der Waals surface area contributed by atoms with Crippen LogP contribution in [0.2, 0.25) is 0 Å². The molecule has 6 heteroatoms. The van der Waals surface area contributed by atoms with Gasteiger partial charge in [-0.15, -0.1) is 12.4 Å². The van der Waals surface area contributed by atoms with Crippen LogP contribution in [0.1, 0.15) is 15.9 Å². The van der Waals surface area contributed by atoms with Crippen LogP contribution < -0.4 is 5.32 Å². The molecule has 0 atom stereocenters. The van der Waals surface area contributed by atoms with Gasteiger partial charge in [-0.2, -0.15) is 0 Å². The molecule has 1 heterocycles. The lowest BCUT2D eigenvalue weighted by Gasteiger charge is -2.09. The second-order valence-corrected chi connectivity index (χ2v) is 5.77. The van der Waals surface area contributed by atoms with Gasteiger partial charge in [-0.3, -0.25) is 10.1 Å². The number of halogens is 1. The van der Waals surface area contributed by atoms with Gasteiger partial charge < -0.3 is 9.88 Å². The minimum Gasteiger partial charge on any atom is -0.324 e. The first-order chi connectivity index (χ1) is 11.1. The zero-order chi connectivity index (χ0) is 16.2. The fourth-order valence-electron chi connectivity index (χ4n) is 2.47. The molecule has 3 rings (SSSR count). The number of rotatable bonds is 5. The summed E-state index contributed by atoms with van der Waals surface area (Å²) in [5.41, 5.74) is 3.63. The Bertz CT molecular complexity index is 814. The van der Waals surface area contributed by atoms with Gasteiger partial charge in [-0.1, -0.05) is 30.3 Å². The Morgan fingerprint density at radius 2 is 1.88 bits per heavy atom. The molecule has 1 aromatic heterocycles. The van der Waals surface area contributed by atoms with Gasteiger partial charge in [0.2, 0.25) is 5.95 Å². The highest BCUT2D eigenvalue weighted by Gasteiger charge is 2.11. The van der Waals surface area contributed by atoms with E-state index < -0.39 is 0 Å². The Kier molecular flexibility index (Phi) is 5.95. The SMILES string of the molecule is CN(C)CCc1cccc2[nH]c(NC(=O)c3ccccc3)nc12.Cl. The monoisotopic (exact) mass is 344 g/mol. The van der Waals surface area contributed by atoms with Crippen LogP contribution in [0.4, 0.5) is 5.95 Å². The predicted molar refractivity (Wildman–Crippen MR) is 100.0 cm³/mol. The van der Waals surface area contributed by atoms with Crippen molar-refractivity contribution in [1.82, 2.24) is 14.9 Å². The van der Waals surface area contributed by atoms with Crippen molar-refractivity contribution in [2.75, 3.05) is 26.0 Å². The number of imidazole rings is 1. The average Bonchev–Trinajstić information content (AvgIpc) is 2.96. The molecular weight excluding hydrogens is 324 g/mol. The molecule has 0 saturated heterocycles. The highest BCUT2D eigenvalue weighted by atomic mass is 35.5. The molecule has 126 valence electrons. The number of nitrogens with zero attached hydrogens (tertiary/aromatic N) is 2. The fourth-order valence-corrected chi connectivity index (χ4v) is 2.47. The van der Waals surface area contributed by atoms with Crippen LogP contribution in [-0.4, -0.2) is 41.4 Å². The zero-order valence-electron chi connectivity index (χ0n) is 13.7. The van der Waals surface area contributed by atoms with E-state index in [4.69, 9.17) is 0 Å². The smallest absolute Gasteiger partial charge is 0.257 e. The first-order valence-corrected chi connectivity index (χ1v) is 7.62. The number of carbonyl (C=O) groups excluding carboxylic acids is 1. The number of amides is 1. The third kappa shape index (κ3) is 4.13. The minimum atomic E-state index is -0.167. The number of likely N-dealkylation sites (N-methyl/N-ethyl adjacent to an activating group) is 1. The van der Waals surface area contributed by atoms with E-state index in [1.165, 1.54) is 5.56 Å². The van der Waals surface area contributed by atoms with Gasteiger partial charge in [-0.25, -0.2) is 4.98 Å². The summed E-state index contributed by atoms with van der Waals surface area (Å²) < 4.78 is 0. The minimum absolute atomic E-state index is 0. The molecule has 0 unspecified atom stereocenters. The lowest BCUT2D eigenvalue weighted by atomic mass is 10.1. The van der Waals surface area contributed by atoms with Crippen molar-refractivity contribution in [2.45, 2.75) is 6.42 Å². The summed E-state index contributed by atoms with van der Waals surface area (Å²) in [6, 6.07) is 15.2. The van der Waals surface area contributed by atoms with Gasteiger partial charge in [0.05, 0.1) is 11.0 Å². The number of aromatic nitrogens is 2. The van der Waals surface area contributed by atoms with Gasteiger partial charge in [0.15, 0.2) is 0 Å². The Morgan fingerprint density at radius 3 is 2.58 bits per heavy atom. The second kappa shape index (κ2) is 7.95. The van der Waals surface area contributed by atoms with E-state index in [-0.39, 0.29) is 18.3 Å². The molecule has 24 heavy (non-hydrogen) atoms. The van der Waals surface area contributed by atoms with Crippen molar-refractivity contribution >= 4 is 35.3 Å². The van der Waals surface area contributed by atoms with Crippen LogP contribution in [0, 0.1) is 0 Å². The maximum Gasteiger partial charge on any atom is 0.257 e. The van der Waals surface area contributed by atoms with E-state index in [0.717, 1.165) is 24.0 Å². The van der Waals surface area contributed by atoms with Crippen molar-refractivity contribution in [3.05, 3.63) is 59.7 Å². The first kappa shape index (κ1) is 18.0. The van der Waals surface area contributed by atoms with E-state index in [9.17, 15) is 4.79 Å². The van der Waals surface area contributed by atoms with E-state index in [1.807, 2.05) is 30.3 Å². The number of para-hydroxylation sites is 1. The van der Waals surface area contributed by atoms with Crippen LogP contribution in [-0.2, 0) is 6.42 Å². The number of hydrogen-bond donors (Lipinski definition) is 2. The highest BCUT2D eigenvalue weighted by molar-refractivity contribution is 6.04. The van der Waals surface area contributed by atoms with Crippen LogP contribution >= 0.6 is 12.4 Å². The van der Waals surface area contributed by atoms with Crippen LogP contribution in [0.3, 0.4) is 0 Å². The molecule has 0 fully saturated rings. The summed E-state index contributed by atoms with van der Waals surface area (Å²) in [5, 5.41) is 2.82. The van der Waals surface area contributed by atoms with Crippen molar-refractivity contribution in [3.63, 3.8) is 0 Å². The van der Waals surface area contributed by atoms with E-state index in [0.29, 0.717) is 11.5 Å². The molecule has 2 aromatic carbocycles. The van der Waals surface area contributed by atoms with Crippen molar-refractivity contribution in [2.24, 2.45) is 0 Å². The molecule has 0 saturated carbocycles. The van der Waals surface area contributed by atoms with Gasteiger partial charge in [0.1, 0.15) is 0 Å². The maximum absolute atomic E-state index is 12.2. The molecule has 0 aliphatic heterocycles. The largest absolute Gasteiger partial charge is 0.324 e. The van der Waals surface area contributed by atoms with E-state index in [2.05, 4.69) is 40.3 Å². The molecule has 0 spiro atoms. The molecule has 1 amide bonds. The topological polar surface area (TPSA) is 61.0 Å². The van der Waals surface area contributed by atoms with Gasteiger partial charge in [0.25, 0.3) is 5.91 Å². The Labute approximate surface area is 147 Å². The van der Waals surface area contributed by atoms with Gasteiger partial charge in [-0.05, 0) is 44.3 Å². The normalized spacial score (nSPS) is 10.6. The number of carbonyl (C=O) groups is 1. The quantitative estimate of drug-likeness (QED) is 0.746. The van der Waals surface area contributed by atoms with Crippen LogP contribution in [0.15, 0.2) is 48.5 Å². The molecule has 0 radical (unpaired) electrons. The van der Waals surface area contributed by atoms with Gasteiger partial charge in [0, 0.05) is 12.1 Å². The van der Waals surface area contributed by atoms with Crippen LogP contribution in [0.5, 0.6) is 0 Å².